The van der Waals surface area contributed by atoms with Gasteiger partial charge in [0.1, 0.15) is 8.24 Å². The van der Waals surface area contributed by atoms with Crippen molar-refractivity contribution in [1.29, 1.82) is 0 Å². The zero-order chi connectivity index (χ0) is 13.0. The van der Waals surface area contributed by atoms with Gasteiger partial charge in [0.05, 0.1) is 6.04 Å². The third-order valence-electron chi connectivity index (χ3n) is 2.84. The van der Waals surface area contributed by atoms with Gasteiger partial charge >= 0.3 is 0 Å². The molecular weight excluding hydrogens is 234 g/mol. The quantitative estimate of drug-likeness (QED) is 0.807. The van der Waals surface area contributed by atoms with Crippen LogP contribution in [0.5, 0.6) is 0 Å². The lowest BCUT2D eigenvalue weighted by Gasteiger charge is -2.28. The van der Waals surface area contributed by atoms with E-state index in [9.17, 15) is 0 Å². The highest BCUT2D eigenvalue weighted by molar-refractivity contribution is 6.73. The molecule has 0 saturated heterocycles. The monoisotopic (exact) mass is 255 g/mol. The Labute approximate surface area is 111 Å². The molecule has 0 heterocycles. The van der Waals surface area contributed by atoms with E-state index in [1.165, 1.54) is 11.1 Å². The van der Waals surface area contributed by atoms with Crippen molar-refractivity contribution in [2.24, 2.45) is 0 Å². The summed E-state index contributed by atoms with van der Waals surface area (Å²) in [6.07, 6.45) is 0. The molecule has 2 rings (SSSR count). The van der Waals surface area contributed by atoms with Gasteiger partial charge in [0.25, 0.3) is 0 Å². The van der Waals surface area contributed by atoms with Crippen LogP contribution >= 0.6 is 0 Å². The molecule has 0 fully saturated rings. The molecule has 1 nitrogen and oxygen atoms in total. The van der Waals surface area contributed by atoms with Crippen molar-refractivity contribution in [1.82, 2.24) is 4.98 Å². The molecule has 0 aliphatic heterocycles. The van der Waals surface area contributed by atoms with E-state index in [0.29, 0.717) is 6.04 Å². The fourth-order valence-corrected chi connectivity index (χ4v) is 3.28. The molecule has 0 bridgehead atoms. The molecule has 0 saturated carbocycles. The van der Waals surface area contributed by atoms with Crippen LogP contribution < -0.4 is 4.98 Å². The maximum atomic E-state index is 3.83. The molecule has 94 valence electrons. The fourth-order valence-electron chi connectivity index (χ4n) is 2.08. The van der Waals surface area contributed by atoms with Gasteiger partial charge in [-0.2, -0.15) is 0 Å². The summed E-state index contributed by atoms with van der Waals surface area (Å²) >= 11 is 0. The summed E-state index contributed by atoms with van der Waals surface area (Å²) in [6, 6.07) is 21.7. The maximum absolute atomic E-state index is 3.83. The molecule has 0 aliphatic carbocycles. The van der Waals surface area contributed by atoms with Crippen LogP contribution in [0.1, 0.15) is 17.2 Å². The minimum Gasteiger partial charge on any atom is -0.327 e. The normalized spacial score (nSPS) is 11.8. The van der Waals surface area contributed by atoms with Gasteiger partial charge in [-0.1, -0.05) is 80.3 Å². The number of benzene rings is 2. The fraction of sp³-hybridized carbons (Fsp3) is 0.250. The largest absolute Gasteiger partial charge is 0.327 e. The Morgan fingerprint density at radius 3 is 1.44 bits per heavy atom. The topological polar surface area (TPSA) is 12.0 Å². The summed E-state index contributed by atoms with van der Waals surface area (Å²) in [6.45, 7) is 7.02. The van der Waals surface area contributed by atoms with Gasteiger partial charge in [-0.3, -0.25) is 0 Å². The van der Waals surface area contributed by atoms with Gasteiger partial charge in [0.15, 0.2) is 0 Å². The second-order valence-electron chi connectivity index (χ2n) is 5.65. The van der Waals surface area contributed by atoms with Gasteiger partial charge in [0, 0.05) is 0 Å². The van der Waals surface area contributed by atoms with Crippen LogP contribution in [-0.2, 0) is 0 Å². The zero-order valence-electron chi connectivity index (χ0n) is 11.4. The van der Waals surface area contributed by atoms with E-state index in [1.54, 1.807) is 0 Å². The third-order valence-corrected chi connectivity index (χ3v) is 4.00. The predicted molar refractivity (Wildman–Crippen MR) is 81.2 cm³/mol. The highest BCUT2D eigenvalue weighted by atomic mass is 28.3. The first-order chi connectivity index (χ1) is 8.56. The second kappa shape index (κ2) is 5.51. The zero-order valence-corrected chi connectivity index (χ0v) is 12.4. The molecule has 1 N–H and O–H groups in total. The van der Waals surface area contributed by atoms with E-state index in [4.69, 9.17) is 0 Å². The Kier molecular flexibility index (Phi) is 3.99. The molecule has 0 spiro atoms. The SMILES string of the molecule is C[Si](C)(C)NC(c1ccccc1)c1ccccc1. The Morgan fingerprint density at radius 2 is 1.11 bits per heavy atom. The summed E-state index contributed by atoms with van der Waals surface area (Å²) in [5.41, 5.74) is 2.68. The predicted octanol–water partition coefficient (Wildman–Crippen LogP) is 4.20. The van der Waals surface area contributed by atoms with Crippen LogP contribution in [0.4, 0.5) is 0 Å². The molecule has 18 heavy (non-hydrogen) atoms. The standard InChI is InChI=1S/C16H21NSi/c1-18(2,3)17-16(14-10-6-4-7-11-14)15-12-8-5-9-13-15/h4-13,16-17H,1-3H3. The molecule has 0 aromatic heterocycles. The third kappa shape index (κ3) is 3.55. The lowest BCUT2D eigenvalue weighted by Crippen LogP contribution is -2.44. The molecule has 0 atom stereocenters. The molecular formula is C16H21NSi. The van der Waals surface area contributed by atoms with Crippen molar-refractivity contribution in [2.75, 3.05) is 0 Å². The van der Waals surface area contributed by atoms with Crippen LogP contribution in [0.25, 0.3) is 0 Å². The average molecular weight is 255 g/mol. The average Bonchev–Trinajstić information content (AvgIpc) is 2.37. The van der Waals surface area contributed by atoms with Gasteiger partial charge in [-0.25, -0.2) is 0 Å². The van der Waals surface area contributed by atoms with Crippen LogP contribution in [0.3, 0.4) is 0 Å². The molecule has 2 aromatic carbocycles. The Hall–Kier alpha value is -1.38. The van der Waals surface area contributed by atoms with Crippen molar-refractivity contribution in [2.45, 2.75) is 25.7 Å². The minimum absolute atomic E-state index is 0.305. The van der Waals surface area contributed by atoms with Crippen LogP contribution in [0.15, 0.2) is 60.7 Å². The minimum atomic E-state index is -1.34. The number of rotatable bonds is 4. The smallest absolute Gasteiger partial charge is 0.117 e. The van der Waals surface area contributed by atoms with Crippen LogP contribution in [0, 0.1) is 0 Å². The summed E-state index contributed by atoms with van der Waals surface area (Å²) in [7, 11) is -1.34. The molecule has 0 amide bonds. The first kappa shape index (κ1) is 13.1. The first-order valence-electron chi connectivity index (χ1n) is 6.44. The second-order valence-corrected chi connectivity index (χ2v) is 10.4. The van der Waals surface area contributed by atoms with Gasteiger partial charge in [-0.05, 0) is 11.1 Å². The Bertz CT molecular complexity index is 434. The van der Waals surface area contributed by atoms with Crippen LogP contribution in [-0.4, -0.2) is 8.24 Å². The van der Waals surface area contributed by atoms with E-state index in [2.05, 4.69) is 85.3 Å². The number of hydrogen-bond donors (Lipinski definition) is 1. The van der Waals surface area contributed by atoms with E-state index < -0.39 is 8.24 Å². The summed E-state index contributed by atoms with van der Waals surface area (Å²) < 4.78 is 0. The van der Waals surface area contributed by atoms with E-state index in [-0.39, 0.29) is 0 Å². The molecule has 0 unspecified atom stereocenters. The first-order valence-corrected chi connectivity index (χ1v) is 9.94. The van der Waals surface area contributed by atoms with Gasteiger partial charge in [-0.15, -0.1) is 0 Å². The summed E-state index contributed by atoms with van der Waals surface area (Å²) in [4.78, 5) is 3.83. The summed E-state index contributed by atoms with van der Waals surface area (Å²) in [5, 5.41) is 0. The van der Waals surface area contributed by atoms with E-state index in [1.807, 2.05) is 0 Å². The summed E-state index contributed by atoms with van der Waals surface area (Å²) in [5.74, 6) is 0. The lowest BCUT2D eigenvalue weighted by atomic mass is 10.00. The van der Waals surface area contributed by atoms with Crippen molar-refractivity contribution < 1.29 is 0 Å². The van der Waals surface area contributed by atoms with Crippen LogP contribution in [0.2, 0.25) is 19.6 Å². The highest BCUT2D eigenvalue weighted by Crippen LogP contribution is 2.23. The number of hydrogen-bond acceptors (Lipinski definition) is 1. The highest BCUT2D eigenvalue weighted by Gasteiger charge is 2.21. The Morgan fingerprint density at radius 1 is 0.722 bits per heavy atom. The molecule has 0 radical (unpaired) electrons. The number of nitrogens with one attached hydrogen (secondary N) is 1. The van der Waals surface area contributed by atoms with Crippen molar-refractivity contribution >= 4 is 8.24 Å². The molecule has 2 aromatic rings. The molecule has 2 heteroatoms. The van der Waals surface area contributed by atoms with Gasteiger partial charge < -0.3 is 4.98 Å². The lowest BCUT2D eigenvalue weighted by molar-refractivity contribution is 0.763. The maximum Gasteiger partial charge on any atom is 0.117 e. The molecule has 0 aliphatic rings. The van der Waals surface area contributed by atoms with Crippen molar-refractivity contribution in [3.8, 4) is 0 Å². The van der Waals surface area contributed by atoms with Crippen molar-refractivity contribution in [3.05, 3.63) is 71.8 Å². The van der Waals surface area contributed by atoms with E-state index >= 15 is 0 Å². The van der Waals surface area contributed by atoms with Gasteiger partial charge in [0.2, 0.25) is 0 Å². The van der Waals surface area contributed by atoms with Crippen molar-refractivity contribution in [3.63, 3.8) is 0 Å². The Balaban J connectivity index is 2.36. The van der Waals surface area contributed by atoms with E-state index in [0.717, 1.165) is 0 Å².